The Labute approximate surface area is 200 Å². The van der Waals surface area contributed by atoms with Gasteiger partial charge in [-0.1, -0.05) is 24.3 Å². The van der Waals surface area contributed by atoms with Crippen LogP contribution in [0.15, 0.2) is 42.5 Å². The summed E-state index contributed by atoms with van der Waals surface area (Å²) in [6.07, 6.45) is -2.76. The fraction of sp³-hybridized carbons (Fsp3) is 0.333. The van der Waals surface area contributed by atoms with Gasteiger partial charge in [0.1, 0.15) is 28.1 Å². The SMILES string of the molecule is COc1cccc2c1[C@H](O)[C@@]13C[C@H](O)C[C@@]1(C(=O)NC3=O)[C@@]21Oc2cc(C)cc3ccc(O)c1c23. The van der Waals surface area contributed by atoms with Crippen molar-refractivity contribution in [1.82, 2.24) is 5.32 Å². The average molecular weight is 473 g/mol. The molecule has 0 bridgehead atoms. The standard InChI is InChI=1S/C27H23NO7/c1-12-8-13-6-7-16(30)21-19(13)18(9-12)35-27(21)15-4-3-5-17(34-2)20(15)22(31)25-10-14(29)11-26(25,27)24(33)28-23(25)32/h3-9,14,22,29-31H,10-11H2,1-2H3,(H,28,32,33)/t14-,22-,25+,26-,27+/m0/s1. The zero-order valence-electron chi connectivity index (χ0n) is 19.1. The molecule has 2 amide bonds. The van der Waals surface area contributed by atoms with Crippen molar-refractivity contribution in [3.05, 3.63) is 64.7 Å². The average Bonchev–Trinajstić information content (AvgIpc) is 3.41. The number of hydrogen-bond acceptors (Lipinski definition) is 7. The molecule has 5 atom stereocenters. The number of phenols is 1. The number of phenolic OH excluding ortho intramolecular Hbond substituents is 1. The predicted molar refractivity (Wildman–Crippen MR) is 123 cm³/mol. The summed E-state index contributed by atoms with van der Waals surface area (Å²) in [6.45, 7) is 1.92. The van der Waals surface area contributed by atoms with E-state index in [1.54, 1.807) is 30.3 Å². The van der Waals surface area contributed by atoms with Gasteiger partial charge < -0.3 is 24.8 Å². The van der Waals surface area contributed by atoms with Crippen LogP contribution in [-0.4, -0.2) is 40.3 Å². The number of benzene rings is 3. The van der Waals surface area contributed by atoms with E-state index in [1.165, 1.54) is 7.11 Å². The molecular weight excluding hydrogens is 450 g/mol. The Morgan fingerprint density at radius 3 is 2.66 bits per heavy atom. The summed E-state index contributed by atoms with van der Waals surface area (Å²) in [4.78, 5) is 27.6. The highest BCUT2D eigenvalue weighted by Gasteiger charge is 2.85. The Morgan fingerprint density at radius 2 is 1.89 bits per heavy atom. The fourth-order valence-corrected chi connectivity index (χ4v) is 7.63. The van der Waals surface area contributed by atoms with Crippen LogP contribution in [0.2, 0.25) is 0 Å². The van der Waals surface area contributed by atoms with Gasteiger partial charge in [-0.05, 0) is 48.9 Å². The Balaban J connectivity index is 1.73. The number of imide groups is 1. The Morgan fingerprint density at radius 1 is 1.09 bits per heavy atom. The first-order chi connectivity index (χ1) is 16.7. The molecule has 8 heteroatoms. The van der Waals surface area contributed by atoms with Crippen LogP contribution in [0, 0.1) is 17.8 Å². The summed E-state index contributed by atoms with van der Waals surface area (Å²) in [7, 11) is 1.46. The maximum atomic E-state index is 13.9. The van der Waals surface area contributed by atoms with E-state index in [0.29, 0.717) is 33.6 Å². The van der Waals surface area contributed by atoms with Crippen molar-refractivity contribution in [3.63, 3.8) is 0 Å². The van der Waals surface area contributed by atoms with Crippen LogP contribution in [0.1, 0.15) is 41.2 Å². The monoisotopic (exact) mass is 473 g/mol. The van der Waals surface area contributed by atoms with Crippen LogP contribution >= 0.6 is 0 Å². The van der Waals surface area contributed by atoms with E-state index < -0.39 is 40.5 Å². The van der Waals surface area contributed by atoms with Gasteiger partial charge >= 0.3 is 0 Å². The van der Waals surface area contributed by atoms with Crippen molar-refractivity contribution >= 4 is 22.6 Å². The summed E-state index contributed by atoms with van der Waals surface area (Å²) >= 11 is 0. The van der Waals surface area contributed by atoms with E-state index >= 15 is 0 Å². The van der Waals surface area contributed by atoms with Gasteiger partial charge in [-0.3, -0.25) is 14.9 Å². The number of amides is 2. The number of rotatable bonds is 1. The third-order valence-corrected chi connectivity index (χ3v) is 8.71. The summed E-state index contributed by atoms with van der Waals surface area (Å²) in [5.74, 6) is -0.597. The van der Waals surface area contributed by atoms with Crippen LogP contribution in [-0.2, 0) is 15.2 Å². The van der Waals surface area contributed by atoms with Gasteiger partial charge in [0.05, 0.1) is 24.9 Å². The molecule has 2 heterocycles. The first-order valence-electron chi connectivity index (χ1n) is 11.6. The van der Waals surface area contributed by atoms with Crippen molar-refractivity contribution < 1.29 is 34.4 Å². The number of hydrogen-bond donors (Lipinski definition) is 4. The number of aromatic hydroxyl groups is 1. The predicted octanol–water partition coefficient (Wildman–Crippen LogP) is 2.33. The molecule has 35 heavy (non-hydrogen) atoms. The molecule has 4 N–H and O–H groups in total. The molecule has 0 unspecified atom stereocenters. The van der Waals surface area contributed by atoms with Gasteiger partial charge in [-0.2, -0.15) is 0 Å². The molecule has 2 aliphatic heterocycles. The number of aliphatic hydroxyl groups excluding tert-OH is 2. The number of fused-ring (bicyclic) bond motifs is 3. The van der Waals surface area contributed by atoms with E-state index in [9.17, 15) is 24.9 Å². The Kier molecular flexibility index (Phi) is 3.63. The lowest BCUT2D eigenvalue weighted by Gasteiger charge is -2.54. The molecule has 0 radical (unpaired) electrons. The van der Waals surface area contributed by atoms with Crippen molar-refractivity contribution in [2.75, 3.05) is 7.11 Å². The molecular formula is C27H23NO7. The number of ether oxygens (including phenoxy) is 2. The lowest BCUT2D eigenvalue weighted by molar-refractivity contribution is -0.172. The Bertz CT molecular complexity index is 1520. The second kappa shape index (κ2) is 6.13. The van der Waals surface area contributed by atoms with Gasteiger partial charge in [0.25, 0.3) is 0 Å². The second-order valence-corrected chi connectivity index (χ2v) is 10.2. The van der Waals surface area contributed by atoms with Crippen molar-refractivity contribution in [2.24, 2.45) is 10.8 Å². The van der Waals surface area contributed by atoms with Gasteiger partial charge in [0.15, 0.2) is 5.60 Å². The molecule has 1 saturated carbocycles. The molecule has 2 aliphatic carbocycles. The second-order valence-electron chi connectivity index (χ2n) is 10.2. The number of nitrogens with one attached hydrogen (secondary N) is 1. The fourth-order valence-electron chi connectivity index (χ4n) is 7.63. The van der Waals surface area contributed by atoms with E-state index in [4.69, 9.17) is 9.47 Å². The zero-order valence-corrected chi connectivity index (χ0v) is 19.1. The highest BCUT2D eigenvalue weighted by molar-refractivity contribution is 6.13. The molecule has 2 fully saturated rings. The third-order valence-electron chi connectivity index (χ3n) is 8.71. The van der Waals surface area contributed by atoms with Gasteiger partial charge in [-0.15, -0.1) is 0 Å². The summed E-state index contributed by atoms with van der Waals surface area (Å²) in [5.41, 5.74) is -3.12. The van der Waals surface area contributed by atoms with Crippen LogP contribution in [0.25, 0.3) is 10.8 Å². The van der Waals surface area contributed by atoms with E-state index in [0.717, 1.165) is 10.9 Å². The number of carbonyl (C=O) groups excluding carboxylic acids is 2. The van der Waals surface area contributed by atoms with Crippen LogP contribution < -0.4 is 14.8 Å². The molecule has 4 aliphatic rings. The normalized spacial score (nSPS) is 33.9. The lowest BCUT2D eigenvalue weighted by Crippen LogP contribution is -2.63. The molecule has 178 valence electrons. The maximum absolute atomic E-state index is 13.9. The van der Waals surface area contributed by atoms with Gasteiger partial charge in [0.2, 0.25) is 11.8 Å². The third kappa shape index (κ3) is 1.94. The van der Waals surface area contributed by atoms with Gasteiger partial charge in [0, 0.05) is 16.5 Å². The van der Waals surface area contributed by atoms with Crippen LogP contribution in [0.4, 0.5) is 0 Å². The highest BCUT2D eigenvalue weighted by atomic mass is 16.5. The molecule has 3 aromatic carbocycles. The summed E-state index contributed by atoms with van der Waals surface area (Å²) in [6, 6.07) is 12.3. The highest BCUT2D eigenvalue weighted by Crippen LogP contribution is 2.77. The summed E-state index contributed by atoms with van der Waals surface area (Å²) in [5, 5.41) is 38.1. The van der Waals surface area contributed by atoms with Crippen molar-refractivity contribution in [1.29, 1.82) is 0 Å². The number of carbonyl (C=O) groups is 2. The molecule has 1 spiro atoms. The minimum atomic E-state index is -1.73. The molecule has 0 aromatic heterocycles. The number of aliphatic hydroxyl groups is 2. The molecule has 8 nitrogen and oxygen atoms in total. The molecule has 3 aromatic rings. The lowest BCUT2D eigenvalue weighted by atomic mass is 9.48. The maximum Gasteiger partial charge on any atom is 0.238 e. The minimum Gasteiger partial charge on any atom is -0.507 e. The Hall–Kier alpha value is -3.62. The number of methoxy groups -OCH3 is 1. The first kappa shape index (κ1) is 20.7. The van der Waals surface area contributed by atoms with Crippen LogP contribution in [0.5, 0.6) is 17.2 Å². The molecule has 7 rings (SSSR count). The van der Waals surface area contributed by atoms with E-state index in [2.05, 4.69) is 5.32 Å². The van der Waals surface area contributed by atoms with E-state index in [-0.39, 0.29) is 18.6 Å². The largest absolute Gasteiger partial charge is 0.507 e. The quantitative estimate of drug-likeness (QED) is 0.400. The van der Waals surface area contributed by atoms with E-state index in [1.807, 2.05) is 19.1 Å². The van der Waals surface area contributed by atoms with Crippen molar-refractivity contribution in [2.45, 2.75) is 37.6 Å². The number of aryl methyl sites for hydroxylation is 1. The first-order valence-corrected chi connectivity index (χ1v) is 11.6. The van der Waals surface area contributed by atoms with Crippen LogP contribution in [0.3, 0.4) is 0 Å². The zero-order chi connectivity index (χ0) is 24.5. The molecule has 1 saturated heterocycles. The summed E-state index contributed by atoms with van der Waals surface area (Å²) < 4.78 is 12.4. The van der Waals surface area contributed by atoms with Gasteiger partial charge in [-0.25, -0.2) is 0 Å². The smallest absolute Gasteiger partial charge is 0.238 e. The van der Waals surface area contributed by atoms with Crippen molar-refractivity contribution in [3.8, 4) is 17.2 Å². The minimum absolute atomic E-state index is 0.0953. The topological polar surface area (TPSA) is 125 Å².